The number of amides is 1. The summed E-state index contributed by atoms with van der Waals surface area (Å²) in [5, 5.41) is 2.89. The van der Waals surface area contributed by atoms with Crippen molar-refractivity contribution < 1.29 is 66.5 Å². The summed E-state index contributed by atoms with van der Waals surface area (Å²) in [5.41, 5.74) is 3.94. The first-order valence-corrected chi connectivity index (χ1v) is 20.8. The van der Waals surface area contributed by atoms with E-state index in [0.29, 0.717) is 5.56 Å². The SMILES string of the molecule is CO[C@H]1O[C@H](CO[C@@H]2O[C@H](COC(C)=O)[C@@H](OC(C)=O)[C@H](OC(C)=O)[C@H]2NC(=O)c2ccc(C)cc2)[C@@H](OCc2ccccc2)[C@H](OCc2ccccc2)[C@H]1OCc1ccccc1. The maximum Gasteiger partial charge on any atom is 0.303 e. The average molecular weight is 870 g/mol. The van der Waals surface area contributed by atoms with E-state index < -0.39 is 91.8 Å². The second-order valence-corrected chi connectivity index (χ2v) is 15.3. The summed E-state index contributed by atoms with van der Waals surface area (Å²) in [7, 11) is 1.50. The highest BCUT2D eigenvalue weighted by Crippen LogP contribution is 2.33. The average Bonchev–Trinajstić information content (AvgIpc) is 3.28. The lowest BCUT2D eigenvalue weighted by atomic mass is 9.95. The number of aryl methyl sites for hydroxylation is 1. The van der Waals surface area contributed by atoms with Crippen molar-refractivity contribution in [1.29, 1.82) is 0 Å². The molecular weight excluding hydrogens is 815 g/mol. The minimum atomic E-state index is -1.41. The molecular formula is C48H55NO14. The summed E-state index contributed by atoms with van der Waals surface area (Å²) in [4.78, 5) is 51.2. The summed E-state index contributed by atoms with van der Waals surface area (Å²) >= 11 is 0. The van der Waals surface area contributed by atoms with Crippen LogP contribution in [0.1, 0.15) is 53.4 Å². The lowest BCUT2D eigenvalue weighted by Crippen LogP contribution is -2.67. The van der Waals surface area contributed by atoms with Crippen molar-refractivity contribution in [2.45, 2.75) is 109 Å². The Hall–Kier alpha value is -5.52. The molecule has 2 heterocycles. The molecule has 15 heteroatoms. The van der Waals surface area contributed by atoms with Crippen molar-refractivity contribution in [3.8, 4) is 0 Å². The van der Waals surface area contributed by atoms with Gasteiger partial charge in [0.05, 0.1) is 26.4 Å². The van der Waals surface area contributed by atoms with Crippen molar-refractivity contribution in [2.75, 3.05) is 20.3 Å². The summed E-state index contributed by atoms with van der Waals surface area (Å²) in [6, 6.07) is 34.5. The molecule has 0 unspecified atom stereocenters. The van der Waals surface area contributed by atoms with Gasteiger partial charge in [-0.2, -0.15) is 0 Å². The number of benzene rings is 4. The van der Waals surface area contributed by atoms with Gasteiger partial charge in [0.25, 0.3) is 5.91 Å². The van der Waals surface area contributed by atoms with Crippen LogP contribution in [0.4, 0.5) is 0 Å². The van der Waals surface area contributed by atoms with E-state index in [1.807, 2.05) is 97.9 Å². The van der Waals surface area contributed by atoms with Crippen molar-refractivity contribution in [3.63, 3.8) is 0 Å². The Balaban J connectivity index is 1.35. The van der Waals surface area contributed by atoms with Gasteiger partial charge in [0.15, 0.2) is 24.8 Å². The van der Waals surface area contributed by atoms with Gasteiger partial charge in [-0.05, 0) is 35.7 Å². The molecule has 0 bridgehead atoms. The highest BCUT2D eigenvalue weighted by atomic mass is 16.7. The van der Waals surface area contributed by atoms with Gasteiger partial charge in [0.2, 0.25) is 0 Å². The molecule has 0 aromatic heterocycles. The number of rotatable bonds is 19. The van der Waals surface area contributed by atoms with Crippen LogP contribution in [0, 0.1) is 6.92 Å². The lowest BCUT2D eigenvalue weighted by molar-refractivity contribution is -0.334. The fourth-order valence-corrected chi connectivity index (χ4v) is 7.40. The predicted molar refractivity (Wildman–Crippen MR) is 226 cm³/mol. The third kappa shape index (κ3) is 13.5. The number of carbonyl (C=O) groups excluding carboxylic acids is 4. The van der Waals surface area contributed by atoms with Gasteiger partial charge in [0, 0.05) is 33.4 Å². The van der Waals surface area contributed by atoms with E-state index in [1.54, 1.807) is 24.3 Å². The standard InChI is InChI=1S/C48H55NO14/c1-30-21-23-37(24-22-30)46(53)49-40-43(61-33(4)52)42(60-32(3)51)39(28-55-31(2)50)62-47(40)59-29-38-41(56-25-34-15-9-6-10-16-34)44(57-26-35-17-11-7-12-18-35)45(48(54-5)63-38)58-27-36-19-13-8-14-20-36/h6-24,38-45,47-48H,25-29H2,1-5H3,(H,49,53)/t38-,39-,40-,41-,42-,43-,44+,45-,47-,48+/m1/s1. The molecule has 0 saturated carbocycles. The van der Waals surface area contributed by atoms with Crippen LogP contribution in [0.3, 0.4) is 0 Å². The van der Waals surface area contributed by atoms with Crippen LogP contribution in [0.2, 0.25) is 0 Å². The molecule has 10 atom stereocenters. The molecule has 2 aliphatic heterocycles. The second-order valence-electron chi connectivity index (χ2n) is 15.3. The Kier molecular flexibility index (Phi) is 17.3. The molecule has 4 aromatic carbocycles. The maximum atomic E-state index is 13.9. The first-order chi connectivity index (χ1) is 30.5. The smallest absolute Gasteiger partial charge is 0.303 e. The minimum absolute atomic E-state index is 0.165. The molecule has 0 radical (unpaired) electrons. The summed E-state index contributed by atoms with van der Waals surface area (Å²) in [5.74, 6) is -2.67. The molecule has 0 spiro atoms. The van der Waals surface area contributed by atoms with Crippen molar-refractivity contribution >= 4 is 23.8 Å². The van der Waals surface area contributed by atoms with Gasteiger partial charge < -0.3 is 52.7 Å². The topological polar surface area (TPSA) is 173 Å². The lowest BCUT2D eigenvalue weighted by Gasteiger charge is -2.47. The number of carbonyl (C=O) groups is 4. The Morgan fingerprint density at radius 3 is 1.51 bits per heavy atom. The Morgan fingerprint density at radius 1 is 0.524 bits per heavy atom. The van der Waals surface area contributed by atoms with E-state index in [-0.39, 0.29) is 26.4 Å². The number of nitrogens with one attached hydrogen (secondary N) is 1. The van der Waals surface area contributed by atoms with Gasteiger partial charge in [-0.3, -0.25) is 19.2 Å². The van der Waals surface area contributed by atoms with Gasteiger partial charge in [-0.25, -0.2) is 0 Å². The normalized spacial score (nSPS) is 25.7. The first-order valence-electron chi connectivity index (χ1n) is 20.8. The number of esters is 3. The molecule has 336 valence electrons. The molecule has 0 aliphatic carbocycles. The van der Waals surface area contributed by atoms with Crippen LogP contribution in [0.5, 0.6) is 0 Å². The molecule has 6 rings (SSSR count). The van der Waals surface area contributed by atoms with Crippen LogP contribution in [-0.4, -0.2) is 105 Å². The molecule has 1 amide bonds. The van der Waals surface area contributed by atoms with Crippen LogP contribution in [0.25, 0.3) is 0 Å². The van der Waals surface area contributed by atoms with Gasteiger partial charge in [-0.15, -0.1) is 0 Å². The zero-order valence-electron chi connectivity index (χ0n) is 36.0. The van der Waals surface area contributed by atoms with Crippen LogP contribution in [-0.2, 0) is 81.6 Å². The van der Waals surface area contributed by atoms with E-state index in [0.717, 1.165) is 22.3 Å². The number of hydrogen-bond acceptors (Lipinski definition) is 14. The van der Waals surface area contributed by atoms with Gasteiger partial charge in [-0.1, -0.05) is 109 Å². The molecule has 2 aliphatic rings. The minimum Gasteiger partial charge on any atom is -0.463 e. The van der Waals surface area contributed by atoms with E-state index in [4.69, 9.17) is 47.4 Å². The molecule has 1 N–H and O–H groups in total. The monoisotopic (exact) mass is 869 g/mol. The highest BCUT2D eigenvalue weighted by Gasteiger charge is 2.53. The molecule has 2 saturated heterocycles. The van der Waals surface area contributed by atoms with E-state index >= 15 is 0 Å². The van der Waals surface area contributed by atoms with Gasteiger partial charge in [0.1, 0.15) is 43.2 Å². The Labute approximate surface area is 367 Å². The van der Waals surface area contributed by atoms with Gasteiger partial charge >= 0.3 is 17.9 Å². The molecule has 15 nitrogen and oxygen atoms in total. The molecule has 4 aromatic rings. The largest absolute Gasteiger partial charge is 0.463 e. The van der Waals surface area contributed by atoms with E-state index in [1.165, 1.54) is 27.9 Å². The van der Waals surface area contributed by atoms with E-state index in [2.05, 4.69) is 5.32 Å². The molecule has 63 heavy (non-hydrogen) atoms. The summed E-state index contributed by atoms with van der Waals surface area (Å²) < 4.78 is 62.4. The fourth-order valence-electron chi connectivity index (χ4n) is 7.40. The van der Waals surface area contributed by atoms with Crippen molar-refractivity contribution in [3.05, 3.63) is 143 Å². The Morgan fingerprint density at radius 2 is 1.00 bits per heavy atom. The maximum absolute atomic E-state index is 13.9. The predicted octanol–water partition coefficient (Wildman–Crippen LogP) is 5.39. The molecule has 2 fully saturated rings. The third-order valence-corrected chi connectivity index (χ3v) is 10.4. The van der Waals surface area contributed by atoms with Crippen LogP contribution in [0.15, 0.2) is 115 Å². The third-order valence-electron chi connectivity index (χ3n) is 10.4. The van der Waals surface area contributed by atoms with E-state index in [9.17, 15) is 19.2 Å². The number of hydrogen-bond donors (Lipinski definition) is 1. The van der Waals surface area contributed by atoms with Crippen molar-refractivity contribution in [1.82, 2.24) is 5.32 Å². The second kappa shape index (κ2) is 23.2. The Bertz CT molecular complexity index is 2050. The fraction of sp³-hybridized carbons (Fsp3) is 0.417. The zero-order chi connectivity index (χ0) is 44.7. The number of ether oxygens (including phenoxy) is 10. The summed E-state index contributed by atoms with van der Waals surface area (Å²) in [6.45, 7) is 5.36. The van der Waals surface area contributed by atoms with Crippen LogP contribution < -0.4 is 5.32 Å². The highest BCUT2D eigenvalue weighted by molar-refractivity contribution is 5.94. The summed E-state index contributed by atoms with van der Waals surface area (Å²) in [6.07, 6.45) is -9.70. The first kappa shape index (κ1) is 47.0. The van der Waals surface area contributed by atoms with Crippen molar-refractivity contribution in [2.24, 2.45) is 0 Å². The van der Waals surface area contributed by atoms with Crippen LogP contribution >= 0.6 is 0 Å². The number of methoxy groups -OCH3 is 1. The zero-order valence-corrected chi connectivity index (χ0v) is 36.0. The quantitative estimate of drug-likeness (QED) is 0.0940.